The quantitative estimate of drug-likeness (QED) is 0.580. The summed E-state index contributed by atoms with van der Waals surface area (Å²) < 4.78 is 0. The van der Waals surface area contributed by atoms with E-state index in [4.69, 9.17) is 0 Å². The molecule has 170 valence electrons. The number of benzene rings is 1. The monoisotopic (exact) mass is 438 g/mol. The number of carbonyl (C=O) groups is 2. The minimum absolute atomic E-state index is 0.0493. The number of nitrogens with one attached hydrogen (secondary N) is 2. The molecule has 3 N–H and O–H groups in total. The van der Waals surface area contributed by atoms with E-state index >= 15 is 0 Å². The highest BCUT2D eigenvalue weighted by Gasteiger charge is 2.28. The van der Waals surface area contributed by atoms with Gasteiger partial charge in [0.1, 0.15) is 17.8 Å². The highest BCUT2D eigenvalue weighted by atomic mass is 16.3. The van der Waals surface area contributed by atoms with E-state index in [2.05, 4.69) is 50.6 Å². The third kappa shape index (κ3) is 5.41. The summed E-state index contributed by atoms with van der Waals surface area (Å²) in [7, 11) is 0. The fraction of sp³-hybridized carbons (Fsp3) is 0.478. The van der Waals surface area contributed by atoms with Gasteiger partial charge in [-0.15, -0.1) is 0 Å². The Kier molecular flexibility index (Phi) is 6.66. The van der Waals surface area contributed by atoms with Crippen LogP contribution in [0.15, 0.2) is 30.6 Å². The number of aromatic nitrogens is 2. The summed E-state index contributed by atoms with van der Waals surface area (Å²) >= 11 is 0. The van der Waals surface area contributed by atoms with Gasteiger partial charge in [0, 0.05) is 52.3 Å². The van der Waals surface area contributed by atoms with E-state index in [-0.39, 0.29) is 30.1 Å². The zero-order valence-corrected chi connectivity index (χ0v) is 18.5. The van der Waals surface area contributed by atoms with Crippen molar-refractivity contribution >= 4 is 17.6 Å². The molecule has 2 amide bonds. The van der Waals surface area contributed by atoms with Gasteiger partial charge in [0.2, 0.25) is 5.91 Å². The average molecular weight is 439 g/mol. The van der Waals surface area contributed by atoms with Crippen LogP contribution in [-0.4, -0.2) is 81.6 Å². The van der Waals surface area contributed by atoms with Crippen LogP contribution >= 0.6 is 0 Å². The van der Waals surface area contributed by atoms with Gasteiger partial charge in [0.05, 0.1) is 12.1 Å². The third-order valence-corrected chi connectivity index (χ3v) is 6.00. The lowest BCUT2D eigenvalue weighted by molar-refractivity contribution is -0.132. The van der Waals surface area contributed by atoms with Crippen molar-refractivity contribution in [1.82, 2.24) is 25.1 Å². The van der Waals surface area contributed by atoms with Crippen molar-refractivity contribution < 1.29 is 14.7 Å². The SMILES string of the molecule is CC(=O)N1CC(Nc2cc(C(=O)NC[C@H](O)CN3CCc4cc(C)ccc4C3)ncn2)C1. The van der Waals surface area contributed by atoms with Gasteiger partial charge in [-0.25, -0.2) is 9.97 Å². The van der Waals surface area contributed by atoms with Crippen LogP contribution in [0.1, 0.15) is 34.1 Å². The number of aryl methyl sites for hydroxylation is 1. The molecule has 3 heterocycles. The number of rotatable bonds is 7. The second kappa shape index (κ2) is 9.62. The number of nitrogens with zero attached hydrogens (tertiary/aromatic N) is 4. The minimum Gasteiger partial charge on any atom is -0.390 e. The van der Waals surface area contributed by atoms with Gasteiger partial charge < -0.3 is 20.6 Å². The van der Waals surface area contributed by atoms with Crippen LogP contribution in [0.5, 0.6) is 0 Å². The summed E-state index contributed by atoms with van der Waals surface area (Å²) in [6.07, 6.45) is 1.64. The lowest BCUT2D eigenvalue weighted by Gasteiger charge is -2.39. The van der Waals surface area contributed by atoms with Gasteiger partial charge in [-0.1, -0.05) is 23.8 Å². The van der Waals surface area contributed by atoms with Gasteiger partial charge in [-0.2, -0.15) is 0 Å². The predicted molar refractivity (Wildman–Crippen MR) is 120 cm³/mol. The van der Waals surface area contributed by atoms with E-state index in [1.165, 1.54) is 23.0 Å². The lowest BCUT2D eigenvalue weighted by Crippen LogP contribution is -2.56. The fourth-order valence-electron chi connectivity index (χ4n) is 4.16. The van der Waals surface area contributed by atoms with Crippen molar-refractivity contribution in [2.45, 2.75) is 39.0 Å². The molecule has 1 aromatic carbocycles. The van der Waals surface area contributed by atoms with Crippen LogP contribution in [0.25, 0.3) is 0 Å². The number of aliphatic hydroxyl groups is 1. The number of β-amino-alcohol motifs (C(OH)–C–C–N with tert-alkyl or cyclic N) is 1. The van der Waals surface area contributed by atoms with Gasteiger partial charge in [0.15, 0.2) is 0 Å². The van der Waals surface area contributed by atoms with E-state index in [0.29, 0.717) is 25.5 Å². The Labute approximate surface area is 187 Å². The zero-order valence-electron chi connectivity index (χ0n) is 18.5. The number of likely N-dealkylation sites (tertiary alicyclic amines) is 1. The number of hydrogen-bond acceptors (Lipinski definition) is 7. The second-order valence-electron chi connectivity index (χ2n) is 8.67. The van der Waals surface area contributed by atoms with Gasteiger partial charge in [-0.05, 0) is 24.5 Å². The summed E-state index contributed by atoms with van der Waals surface area (Å²) in [5.74, 6) is 0.238. The maximum atomic E-state index is 12.5. The molecule has 2 aliphatic rings. The average Bonchev–Trinajstić information content (AvgIpc) is 2.74. The first-order valence-corrected chi connectivity index (χ1v) is 11.0. The minimum atomic E-state index is -0.669. The van der Waals surface area contributed by atoms with E-state index in [9.17, 15) is 14.7 Å². The largest absolute Gasteiger partial charge is 0.390 e. The number of fused-ring (bicyclic) bond motifs is 1. The van der Waals surface area contributed by atoms with Gasteiger partial charge in [0.25, 0.3) is 5.91 Å². The molecule has 9 nitrogen and oxygen atoms in total. The van der Waals surface area contributed by atoms with E-state index in [0.717, 1.165) is 19.5 Å². The Morgan fingerprint density at radius 1 is 1.22 bits per heavy atom. The molecule has 0 aliphatic carbocycles. The maximum absolute atomic E-state index is 12.5. The Bertz CT molecular complexity index is 991. The van der Waals surface area contributed by atoms with Crippen LogP contribution in [0.3, 0.4) is 0 Å². The van der Waals surface area contributed by atoms with Crippen LogP contribution in [0.2, 0.25) is 0 Å². The molecule has 9 heteroatoms. The molecule has 1 aromatic heterocycles. The van der Waals surface area contributed by atoms with Crippen LogP contribution in [0.4, 0.5) is 5.82 Å². The molecule has 32 heavy (non-hydrogen) atoms. The van der Waals surface area contributed by atoms with E-state index < -0.39 is 6.10 Å². The van der Waals surface area contributed by atoms with Crippen LogP contribution in [0, 0.1) is 6.92 Å². The summed E-state index contributed by atoms with van der Waals surface area (Å²) in [5, 5.41) is 16.4. The summed E-state index contributed by atoms with van der Waals surface area (Å²) in [4.78, 5) is 35.9. The van der Waals surface area contributed by atoms with Crippen molar-refractivity contribution in [3.8, 4) is 0 Å². The molecule has 1 saturated heterocycles. The Morgan fingerprint density at radius 3 is 2.81 bits per heavy atom. The molecular weight excluding hydrogens is 408 g/mol. The molecule has 4 rings (SSSR count). The van der Waals surface area contributed by atoms with Gasteiger partial charge in [-0.3, -0.25) is 14.5 Å². The number of aliphatic hydroxyl groups excluding tert-OH is 1. The first-order valence-electron chi connectivity index (χ1n) is 11.0. The zero-order chi connectivity index (χ0) is 22.7. The number of carbonyl (C=O) groups excluding carboxylic acids is 2. The molecular formula is C23H30N6O3. The van der Waals surface area contributed by atoms with Crippen molar-refractivity contribution in [3.05, 3.63) is 53.0 Å². The Balaban J connectivity index is 1.23. The standard InChI is InChI=1S/C23H30N6O3/c1-15-3-4-18-10-28(6-5-17(18)7-15)13-20(31)9-24-23(32)21-8-22(26-14-25-21)27-19-11-29(12-19)16(2)30/h3-4,7-8,14,19-20,31H,5-6,9-13H2,1-2H3,(H,24,32)(H,25,26,27)/t20-/m0/s1. The second-order valence-corrected chi connectivity index (χ2v) is 8.67. The number of amides is 2. The first-order chi connectivity index (χ1) is 15.4. The summed E-state index contributed by atoms with van der Waals surface area (Å²) in [6, 6.07) is 8.21. The molecule has 0 saturated carbocycles. The van der Waals surface area contributed by atoms with Crippen molar-refractivity contribution in [3.63, 3.8) is 0 Å². The fourth-order valence-corrected chi connectivity index (χ4v) is 4.16. The van der Waals surface area contributed by atoms with Crippen molar-refractivity contribution in [1.29, 1.82) is 0 Å². The summed E-state index contributed by atoms with van der Waals surface area (Å²) in [5.41, 5.74) is 4.19. The molecule has 2 aromatic rings. The smallest absolute Gasteiger partial charge is 0.270 e. The van der Waals surface area contributed by atoms with E-state index in [1.54, 1.807) is 17.9 Å². The first kappa shape index (κ1) is 22.2. The predicted octanol–water partition coefficient (Wildman–Crippen LogP) is 0.577. The molecule has 1 atom stereocenters. The molecule has 2 aliphatic heterocycles. The molecule has 0 bridgehead atoms. The highest BCUT2D eigenvalue weighted by Crippen LogP contribution is 2.20. The topological polar surface area (TPSA) is 111 Å². The van der Waals surface area contributed by atoms with Crippen molar-refractivity contribution in [2.75, 3.05) is 38.0 Å². The Morgan fingerprint density at radius 2 is 2.03 bits per heavy atom. The van der Waals surface area contributed by atoms with Crippen molar-refractivity contribution in [2.24, 2.45) is 0 Å². The van der Waals surface area contributed by atoms with Crippen LogP contribution in [-0.2, 0) is 17.8 Å². The van der Waals surface area contributed by atoms with E-state index in [1.807, 2.05) is 0 Å². The normalized spacial score (nSPS) is 17.3. The van der Waals surface area contributed by atoms with Crippen LogP contribution < -0.4 is 10.6 Å². The molecule has 0 unspecified atom stereocenters. The highest BCUT2D eigenvalue weighted by molar-refractivity contribution is 5.92. The summed E-state index contributed by atoms with van der Waals surface area (Å²) in [6.45, 7) is 7.24. The molecule has 1 fully saturated rings. The number of hydrogen-bond donors (Lipinski definition) is 3. The lowest BCUT2D eigenvalue weighted by atomic mass is 9.97. The third-order valence-electron chi connectivity index (χ3n) is 6.00. The number of anilines is 1. The maximum Gasteiger partial charge on any atom is 0.270 e. The molecule has 0 spiro atoms. The van der Waals surface area contributed by atoms with Gasteiger partial charge >= 0.3 is 0 Å². The molecule has 0 radical (unpaired) electrons. The Hall–Kier alpha value is -3.04.